The predicted molar refractivity (Wildman–Crippen MR) is 123 cm³/mol. The van der Waals surface area contributed by atoms with Crippen LogP contribution in [0.3, 0.4) is 0 Å². The highest BCUT2D eigenvalue weighted by molar-refractivity contribution is 5.97. The number of amides is 1. The van der Waals surface area contributed by atoms with Crippen molar-refractivity contribution in [2.45, 2.75) is 19.3 Å². The minimum Gasteiger partial charge on any atom is -0.373 e. The SMILES string of the molecule is N#C/C(=C/N1CCN(c2ccccc2)CC1)C(=O)N1CCC(Cc2ccccc2)CC1. The molecule has 0 aromatic heterocycles. The predicted octanol–water partition coefficient (Wildman–Crippen LogP) is 3.70. The summed E-state index contributed by atoms with van der Waals surface area (Å²) >= 11 is 0. The third-order valence-corrected chi connectivity index (χ3v) is 6.37. The van der Waals surface area contributed by atoms with E-state index in [9.17, 15) is 10.1 Å². The van der Waals surface area contributed by atoms with E-state index in [-0.39, 0.29) is 11.5 Å². The van der Waals surface area contributed by atoms with Gasteiger partial charge in [-0.2, -0.15) is 5.26 Å². The second-order valence-corrected chi connectivity index (χ2v) is 8.44. The lowest BCUT2D eigenvalue weighted by Gasteiger charge is -2.36. The maximum Gasteiger partial charge on any atom is 0.266 e. The Labute approximate surface area is 185 Å². The third kappa shape index (κ3) is 5.46. The summed E-state index contributed by atoms with van der Waals surface area (Å²) in [5, 5.41) is 9.63. The Morgan fingerprint density at radius 2 is 1.52 bits per heavy atom. The van der Waals surface area contributed by atoms with E-state index < -0.39 is 0 Å². The summed E-state index contributed by atoms with van der Waals surface area (Å²) in [4.78, 5) is 19.3. The molecule has 0 radical (unpaired) electrons. The van der Waals surface area contributed by atoms with Crippen LogP contribution in [0.25, 0.3) is 0 Å². The molecule has 2 saturated heterocycles. The first-order valence-electron chi connectivity index (χ1n) is 11.2. The standard InChI is InChI=1S/C26H30N4O/c27-20-24(21-28-15-17-29(18-16-28)25-9-5-2-6-10-25)26(31)30-13-11-23(12-14-30)19-22-7-3-1-4-8-22/h1-10,21,23H,11-19H2/b24-21-. The highest BCUT2D eigenvalue weighted by Gasteiger charge is 2.26. The van der Waals surface area contributed by atoms with Gasteiger partial charge < -0.3 is 14.7 Å². The van der Waals surface area contributed by atoms with Crippen molar-refractivity contribution < 1.29 is 4.79 Å². The van der Waals surface area contributed by atoms with E-state index in [0.717, 1.165) is 58.5 Å². The zero-order chi connectivity index (χ0) is 21.5. The fourth-order valence-corrected chi connectivity index (χ4v) is 4.52. The van der Waals surface area contributed by atoms with Crippen LogP contribution in [0.1, 0.15) is 18.4 Å². The summed E-state index contributed by atoms with van der Waals surface area (Å²) in [6, 6.07) is 23.1. The summed E-state index contributed by atoms with van der Waals surface area (Å²) in [6.07, 6.45) is 4.83. The first-order chi connectivity index (χ1) is 15.2. The van der Waals surface area contributed by atoms with Crippen LogP contribution in [0.2, 0.25) is 0 Å². The zero-order valence-corrected chi connectivity index (χ0v) is 18.0. The lowest BCUT2D eigenvalue weighted by atomic mass is 9.90. The first kappa shape index (κ1) is 21.0. The van der Waals surface area contributed by atoms with E-state index in [2.05, 4.69) is 64.4 Å². The second kappa shape index (κ2) is 10.2. The van der Waals surface area contributed by atoms with E-state index in [1.165, 1.54) is 11.3 Å². The van der Waals surface area contributed by atoms with Crippen molar-refractivity contribution in [1.29, 1.82) is 5.26 Å². The third-order valence-electron chi connectivity index (χ3n) is 6.37. The van der Waals surface area contributed by atoms with Gasteiger partial charge in [0.15, 0.2) is 0 Å². The van der Waals surface area contributed by atoms with Gasteiger partial charge in [-0.15, -0.1) is 0 Å². The number of anilines is 1. The molecule has 1 amide bonds. The molecule has 0 N–H and O–H groups in total. The van der Waals surface area contributed by atoms with Crippen molar-refractivity contribution in [3.63, 3.8) is 0 Å². The van der Waals surface area contributed by atoms with Crippen molar-refractivity contribution in [2.24, 2.45) is 5.92 Å². The van der Waals surface area contributed by atoms with Gasteiger partial charge in [-0.05, 0) is 42.9 Å². The monoisotopic (exact) mass is 414 g/mol. The van der Waals surface area contributed by atoms with Crippen molar-refractivity contribution in [2.75, 3.05) is 44.2 Å². The quantitative estimate of drug-likeness (QED) is 0.553. The molecule has 2 aliphatic rings. The highest BCUT2D eigenvalue weighted by Crippen LogP contribution is 2.23. The topological polar surface area (TPSA) is 50.6 Å². The molecule has 0 aliphatic carbocycles. The van der Waals surface area contributed by atoms with Gasteiger partial charge in [0.1, 0.15) is 11.6 Å². The van der Waals surface area contributed by atoms with Crippen molar-refractivity contribution in [1.82, 2.24) is 9.80 Å². The minimum absolute atomic E-state index is 0.119. The van der Waals surface area contributed by atoms with Crippen molar-refractivity contribution in [3.05, 3.63) is 78.0 Å². The Morgan fingerprint density at radius 3 is 2.13 bits per heavy atom. The summed E-state index contributed by atoms with van der Waals surface area (Å²) in [7, 11) is 0. The Balaban J connectivity index is 1.29. The molecule has 0 spiro atoms. The van der Waals surface area contributed by atoms with Crippen LogP contribution in [0, 0.1) is 17.2 Å². The molecule has 2 aromatic rings. The van der Waals surface area contributed by atoms with E-state index in [1.54, 1.807) is 6.20 Å². The molecule has 5 nitrogen and oxygen atoms in total. The molecule has 160 valence electrons. The van der Waals surface area contributed by atoms with E-state index >= 15 is 0 Å². The Kier molecular flexibility index (Phi) is 6.89. The molecule has 0 unspecified atom stereocenters. The largest absolute Gasteiger partial charge is 0.373 e. The van der Waals surface area contributed by atoms with Crippen LogP contribution in [-0.2, 0) is 11.2 Å². The maximum atomic E-state index is 13.0. The average Bonchev–Trinajstić information content (AvgIpc) is 2.84. The lowest BCUT2D eigenvalue weighted by molar-refractivity contribution is -0.128. The number of carbonyl (C=O) groups excluding carboxylic acids is 1. The van der Waals surface area contributed by atoms with Crippen LogP contribution < -0.4 is 4.90 Å². The van der Waals surface area contributed by atoms with Crippen LogP contribution in [0.5, 0.6) is 0 Å². The molecule has 2 aliphatic heterocycles. The Bertz CT molecular complexity index is 919. The fourth-order valence-electron chi connectivity index (χ4n) is 4.52. The molecule has 4 rings (SSSR count). The molecule has 31 heavy (non-hydrogen) atoms. The Hall–Kier alpha value is -3.26. The molecular weight excluding hydrogens is 384 g/mol. The van der Waals surface area contributed by atoms with Crippen molar-refractivity contribution >= 4 is 11.6 Å². The molecule has 2 heterocycles. The number of nitrogens with zero attached hydrogens (tertiary/aromatic N) is 4. The van der Waals surface area contributed by atoms with Gasteiger partial charge in [0.25, 0.3) is 5.91 Å². The molecule has 0 bridgehead atoms. The van der Waals surface area contributed by atoms with E-state index in [4.69, 9.17) is 0 Å². The second-order valence-electron chi connectivity index (χ2n) is 8.44. The zero-order valence-electron chi connectivity index (χ0n) is 18.0. The van der Waals surface area contributed by atoms with Gasteiger partial charge >= 0.3 is 0 Å². The van der Waals surface area contributed by atoms with Crippen LogP contribution >= 0.6 is 0 Å². The number of rotatable bonds is 5. The minimum atomic E-state index is -0.119. The van der Waals surface area contributed by atoms with Crippen molar-refractivity contribution in [3.8, 4) is 6.07 Å². The molecule has 2 aromatic carbocycles. The molecule has 5 heteroatoms. The smallest absolute Gasteiger partial charge is 0.266 e. The van der Waals surface area contributed by atoms with Gasteiger partial charge in [0, 0.05) is 51.2 Å². The molecule has 0 saturated carbocycles. The summed E-state index contributed by atoms with van der Waals surface area (Å²) in [5.41, 5.74) is 2.84. The number of nitriles is 1. The van der Waals surface area contributed by atoms with Gasteiger partial charge in [0.2, 0.25) is 0 Å². The highest BCUT2D eigenvalue weighted by atomic mass is 16.2. The number of benzene rings is 2. The van der Waals surface area contributed by atoms with E-state index in [1.807, 2.05) is 17.0 Å². The summed E-state index contributed by atoms with van der Waals surface area (Å²) < 4.78 is 0. The summed E-state index contributed by atoms with van der Waals surface area (Å²) in [6.45, 7) is 4.86. The van der Waals surface area contributed by atoms with Crippen LogP contribution in [0.4, 0.5) is 5.69 Å². The number of hydrogen-bond acceptors (Lipinski definition) is 4. The summed E-state index contributed by atoms with van der Waals surface area (Å²) in [5.74, 6) is 0.484. The van der Waals surface area contributed by atoms with Gasteiger partial charge in [-0.25, -0.2) is 0 Å². The molecule has 0 atom stereocenters. The van der Waals surface area contributed by atoms with Crippen LogP contribution in [0.15, 0.2) is 72.4 Å². The first-order valence-corrected chi connectivity index (χ1v) is 11.2. The van der Waals surface area contributed by atoms with E-state index in [0.29, 0.717) is 5.92 Å². The Morgan fingerprint density at radius 1 is 0.903 bits per heavy atom. The van der Waals surface area contributed by atoms with Gasteiger partial charge in [0.05, 0.1) is 0 Å². The van der Waals surface area contributed by atoms with Gasteiger partial charge in [-0.3, -0.25) is 4.79 Å². The molecular formula is C26H30N4O. The maximum absolute atomic E-state index is 13.0. The average molecular weight is 415 g/mol. The number of para-hydroxylation sites is 1. The number of piperazine rings is 1. The number of carbonyl (C=O) groups is 1. The number of piperidine rings is 1. The fraction of sp³-hybridized carbons (Fsp3) is 0.385. The van der Waals surface area contributed by atoms with Gasteiger partial charge in [-0.1, -0.05) is 48.5 Å². The number of likely N-dealkylation sites (tertiary alicyclic amines) is 1. The lowest BCUT2D eigenvalue weighted by Crippen LogP contribution is -2.45. The normalized spacial score (nSPS) is 18.0. The number of hydrogen-bond donors (Lipinski definition) is 0. The molecule has 2 fully saturated rings. The van der Waals surface area contributed by atoms with Crippen LogP contribution in [-0.4, -0.2) is 55.0 Å².